The van der Waals surface area contributed by atoms with Gasteiger partial charge >= 0.3 is 0 Å². The third-order valence-electron chi connectivity index (χ3n) is 5.31. The number of piperazine rings is 1. The average Bonchev–Trinajstić information content (AvgIpc) is 2.36. The molecular formula is C16H33N3. The summed E-state index contributed by atoms with van der Waals surface area (Å²) in [6.45, 7) is 15.7. The van der Waals surface area contributed by atoms with E-state index in [0.717, 1.165) is 12.5 Å². The molecule has 1 N–H and O–H groups in total. The van der Waals surface area contributed by atoms with Crippen LogP contribution in [0.5, 0.6) is 0 Å². The van der Waals surface area contributed by atoms with Crippen molar-refractivity contribution in [1.29, 1.82) is 0 Å². The van der Waals surface area contributed by atoms with Gasteiger partial charge < -0.3 is 10.2 Å². The molecule has 19 heavy (non-hydrogen) atoms. The lowest BCUT2D eigenvalue weighted by molar-refractivity contribution is 0.0415. The lowest BCUT2D eigenvalue weighted by Gasteiger charge is -2.47. The SMILES string of the molecule is CC(C)C1CN(CC2(C)CCN(C)CC2)C(C)CN1. The van der Waals surface area contributed by atoms with Crippen LogP contribution in [-0.2, 0) is 0 Å². The number of hydrogen-bond donors (Lipinski definition) is 1. The number of nitrogens with zero attached hydrogens (tertiary/aromatic N) is 2. The Morgan fingerprint density at radius 1 is 1.26 bits per heavy atom. The van der Waals surface area contributed by atoms with Crippen molar-refractivity contribution in [3.63, 3.8) is 0 Å². The third kappa shape index (κ3) is 3.93. The van der Waals surface area contributed by atoms with E-state index < -0.39 is 0 Å². The van der Waals surface area contributed by atoms with E-state index in [2.05, 4.69) is 49.9 Å². The van der Waals surface area contributed by atoms with E-state index in [0.29, 0.717) is 17.5 Å². The van der Waals surface area contributed by atoms with Gasteiger partial charge in [0.05, 0.1) is 0 Å². The summed E-state index contributed by atoms with van der Waals surface area (Å²) in [5.41, 5.74) is 0.527. The summed E-state index contributed by atoms with van der Waals surface area (Å²) >= 11 is 0. The van der Waals surface area contributed by atoms with E-state index in [4.69, 9.17) is 0 Å². The predicted octanol–water partition coefficient (Wildman–Crippen LogP) is 2.04. The first-order chi connectivity index (χ1) is 8.89. The summed E-state index contributed by atoms with van der Waals surface area (Å²) < 4.78 is 0. The monoisotopic (exact) mass is 267 g/mol. The first-order valence-electron chi connectivity index (χ1n) is 8.06. The summed E-state index contributed by atoms with van der Waals surface area (Å²) in [4.78, 5) is 5.21. The van der Waals surface area contributed by atoms with Gasteiger partial charge in [-0.15, -0.1) is 0 Å². The highest BCUT2D eigenvalue weighted by Gasteiger charge is 2.35. The number of piperidine rings is 1. The molecule has 2 unspecified atom stereocenters. The summed E-state index contributed by atoms with van der Waals surface area (Å²) in [5.74, 6) is 0.736. The molecule has 2 fully saturated rings. The lowest BCUT2D eigenvalue weighted by Crippen LogP contribution is -2.59. The molecule has 0 saturated carbocycles. The van der Waals surface area contributed by atoms with Gasteiger partial charge in [0.25, 0.3) is 0 Å². The van der Waals surface area contributed by atoms with E-state index >= 15 is 0 Å². The van der Waals surface area contributed by atoms with Crippen LogP contribution in [0.1, 0.15) is 40.5 Å². The van der Waals surface area contributed by atoms with E-state index in [1.807, 2.05) is 0 Å². The zero-order valence-corrected chi connectivity index (χ0v) is 13.6. The minimum atomic E-state index is 0.527. The Morgan fingerprint density at radius 2 is 1.89 bits per heavy atom. The molecule has 0 aromatic carbocycles. The molecule has 0 spiro atoms. The van der Waals surface area contributed by atoms with Gasteiger partial charge in [0, 0.05) is 31.7 Å². The van der Waals surface area contributed by atoms with Crippen LogP contribution in [0.15, 0.2) is 0 Å². The molecular weight excluding hydrogens is 234 g/mol. The van der Waals surface area contributed by atoms with Gasteiger partial charge in [0.2, 0.25) is 0 Å². The third-order valence-corrected chi connectivity index (χ3v) is 5.31. The normalized spacial score (nSPS) is 33.8. The van der Waals surface area contributed by atoms with Crippen LogP contribution in [0.2, 0.25) is 0 Å². The maximum atomic E-state index is 3.71. The van der Waals surface area contributed by atoms with Crippen LogP contribution in [0.4, 0.5) is 0 Å². The summed E-state index contributed by atoms with van der Waals surface area (Å²) in [7, 11) is 2.25. The van der Waals surface area contributed by atoms with Gasteiger partial charge in [-0.1, -0.05) is 20.8 Å². The van der Waals surface area contributed by atoms with Crippen molar-refractivity contribution in [2.24, 2.45) is 11.3 Å². The second kappa shape index (κ2) is 6.11. The van der Waals surface area contributed by atoms with Crippen LogP contribution in [0.25, 0.3) is 0 Å². The molecule has 3 heteroatoms. The number of nitrogens with one attached hydrogen (secondary N) is 1. The Hall–Kier alpha value is -0.120. The molecule has 0 aromatic heterocycles. The molecule has 0 amide bonds. The highest BCUT2D eigenvalue weighted by molar-refractivity contribution is 4.91. The Morgan fingerprint density at radius 3 is 2.47 bits per heavy atom. The second-order valence-electron chi connectivity index (χ2n) is 7.65. The molecule has 0 aromatic rings. The Labute approximate surface area is 119 Å². The Bertz CT molecular complexity index is 282. The first kappa shape index (κ1) is 15.3. The van der Waals surface area contributed by atoms with Crippen molar-refractivity contribution in [2.75, 3.05) is 39.8 Å². The molecule has 2 aliphatic heterocycles. The molecule has 3 nitrogen and oxygen atoms in total. The summed E-state index contributed by atoms with van der Waals surface area (Å²) in [6, 6.07) is 1.36. The fraction of sp³-hybridized carbons (Fsp3) is 1.00. The fourth-order valence-electron chi connectivity index (χ4n) is 3.42. The fourth-order valence-corrected chi connectivity index (χ4v) is 3.42. The quantitative estimate of drug-likeness (QED) is 0.844. The van der Waals surface area contributed by atoms with Gasteiger partial charge in [-0.05, 0) is 51.2 Å². The van der Waals surface area contributed by atoms with Gasteiger partial charge in [-0.3, -0.25) is 4.90 Å². The zero-order valence-electron chi connectivity index (χ0n) is 13.6. The van der Waals surface area contributed by atoms with Crippen LogP contribution < -0.4 is 5.32 Å². The minimum absolute atomic E-state index is 0.527. The second-order valence-corrected chi connectivity index (χ2v) is 7.65. The van der Waals surface area contributed by atoms with Gasteiger partial charge in [-0.25, -0.2) is 0 Å². The molecule has 0 radical (unpaired) electrons. The van der Waals surface area contributed by atoms with E-state index in [-0.39, 0.29) is 0 Å². The molecule has 2 heterocycles. The average molecular weight is 267 g/mol. The number of rotatable bonds is 3. The number of hydrogen-bond acceptors (Lipinski definition) is 3. The van der Waals surface area contributed by atoms with E-state index in [9.17, 15) is 0 Å². The van der Waals surface area contributed by atoms with Crippen molar-refractivity contribution in [2.45, 2.75) is 52.6 Å². The van der Waals surface area contributed by atoms with Crippen LogP contribution in [0.3, 0.4) is 0 Å². The van der Waals surface area contributed by atoms with Crippen molar-refractivity contribution in [3.8, 4) is 0 Å². The van der Waals surface area contributed by atoms with E-state index in [1.54, 1.807) is 0 Å². The molecule has 2 aliphatic rings. The van der Waals surface area contributed by atoms with Gasteiger partial charge in [-0.2, -0.15) is 0 Å². The van der Waals surface area contributed by atoms with Crippen molar-refractivity contribution in [3.05, 3.63) is 0 Å². The molecule has 0 bridgehead atoms. The zero-order chi connectivity index (χ0) is 14.0. The van der Waals surface area contributed by atoms with Crippen molar-refractivity contribution >= 4 is 0 Å². The topological polar surface area (TPSA) is 18.5 Å². The smallest absolute Gasteiger partial charge is 0.0218 e. The minimum Gasteiger partial charge on any atom is -0.311 e. The van der Waals surface area contributed by atoms with Crippen LogP contribution in [-0.4, -0.2) is 61.7 Å². The highest BCUT2D eigenvalue weighted by Crippen LogP contribution is 2.32. The molecule has 2 atom stereocenters. The maximum Gasteiger partial charge on any atom is 0.0218 e. The Kier molecular flexibility index (Phi) is 4.91. The maximum absolute atomic E-state index is 3.71. The largest absolute Gasteiger partial charge is 0.311 e. The summed E-state index contributed by atoms with van der Waals surface area (Å²) in [6.07, 6.45) is 2.71. The lowest BCUT2D eigenvalue weighted by atomic mass is 9.79. The number of likely N-dealkylation sites (tertiary alicyclic amines) is 1. The standard InChI is InChI=1S/C16H33N3/c1-13(2)15-11-19(14(3)10-17-15)12-16(4)6-8-18(5)9-7-16/h13-15,17H,6-12H2,1-5H3. The predicted molar refractivity (Wildman–Crippen MR) is 82.5 cm³/mol. The molecule has 112 valence electrons. The van der Waals surface area contributed by atoms with E-state index in [1.165, 1.54) is 39.0 Å². The van der Waals surface area contributed by atoms with Crippen molar-refractivity contribution in [1.82, 2.24) is 15.1 Å². The first-order valence-corrected chi connectivity index (χ1v) is 8.06. The molecule has 0 aliphatic carbocycles. The van der Waals surface area contributed by atoms with Gasteiger partial charge in [0.15, 0.2) is 0 Å². The molecule has 2 saturated heterocycles. The van der Waals surface area contributed by atoms with Crippen LogP contribution >= 0.6 is 0 Å². The highest BCUT2D eigenvalue weighted by atomic mass is 15.2. The summed E-state index contributed by atoms with van der Waals surface area (Å²) in [5, 5.41) is 3.71. The van der Waals surface area contributed by atoms with Crippen molar-refractivity contribution < 1.29 is 0 Å². The molecule has 2 rings (SSSR count). The van der Waals surface area contributed by atoms with Crippen LogP contribution in [0, 0.1) is 11.3 Å². The van der Waals surface area contributed by atoms with Gasteiger partial charge in [0.1, 0.15) is 0 Å². The Balaban J connectivity index is 1.92.